The van der Waals surface area contributed by atoms with Crippen LogP contribution in [-0.4, -0.2) is 28.6 Å². The summed E-state index contributed by atoms with van der Waals surface area (Å²) in [5.74, 6) is -2.64. The quantitative estimate of drug-likeness (QED) is 0.922. The van der Waals surface area contributed by atoms with E-state index in [1.54, 1.807) is 4.90 Å². The van der Waals surface area contributed by atoms with Gasteiger partial charge in [-0.3, -0.25) is 9.69 Å². The maximum atomic E-state index is 13.0. The Hall–Kier alpha value is -1.20. The molecule has 1 aromatic rings. The molecule has 0 aliphatic carbocycles. The zero-order valence-electron chi connectivity index (χ0n) is 9.60. The maximum absolute atomic E-state index is 13.0. The largest absolute Gasteiger partial charge is 0.480 e. The lowest BCUT2D eigenvalue weighted by Crippen LogP contribution is -2.35. The van der Waals surface area contributed by atoms with E-state index in [2.05, 4.69) is 0 Å². The number of benzene rings is 1. The van der Waals surface area contributed by atoms with Crippen LogP contribution in [0, 0.1) is 11.6 Å². The number of carboxylic acids is 1. The minimum Gasteiger partial charge on any atom is -0.480 e. The predicted octanol–water partition coefficient (Wildman–Crippen LogP) is 2.44. The first-order valence-corrected chi connectivity index (χ1v) is 5.48. The van der Waals surface area contributed by atoms with Crippen LogP contribution in [0.3, 0.4) is 0 Å². The van der Waals surface area contributed by atoms with Crippen molar-refractivity contribution < 1.29 is 18.7 Å². The van der Waals surface area contributed by atoms with Crippen LogP contribution >= 0.6 is 12.4 Å². The van der Waals surface area contributed by atoms with Crippen LogP contribution in [0.4, 0.5) is 8.78 Å². The first kappa shape index (κ1) is 14.9. The third-order valence-corrected chi connectivity index (χ3v) is 3.02. The Balaban J connectivity index is 0.00000162. The van der Waals surface area contributed by atoms with E-state index in [0.29, 0.717) is 25.1 Å². The summed E-state index contributed by atoms with van der Waals surface area (Å²) in [6.07, 6.45) is 1.43. The molecule has 0 radical (unpaired) electrons. The average molecular weight is 278 g/mol. The Kier molecular flexibility index (Phi) is 5.04. The van der Waals surface area contributed by atoms with Crippen LogP contribution in [-0.2, 0) is 11.3 Å². The molecule has 100 valence electrons. The number of carbonyl (C=O) groups is 1. The Bertz CT molecular complexity index is 442. The van der Waals surface area contributed by atoms with Gasteiger partial charge in [0.2, 0.25) is 0 Å². The van der Waals surface area contributed by atoms with Crippen molar-refractivity contribution in [3.8, 4) is 0 Å². The van der Waals surface area contributed by atoms with Crippen molar-refractivity contribution in [3.63, 3.8) is 0 Å². The van der Waals surface area contributed by atoms with E-state index in [1.807, 2.05) is 0 Å². The molecule has 0 amide bonds. The number of carboxylic acid groups (broad SMARTS) is 1. The highest BCUT2D eigenvalue weighted by molar-refractivity contribution is 5.85. The summed E-state index contributed by atoms with van der Waals surface area (Å²) < 4.78 is 25.7. The molecule has 3 nitrogen and oxygen atoms in total. The number of likely N-dealkylation sites (tertiary alicyclic amines) is 1. The van der Waals surface area contributed by atoms with Gasteiger partial charge >= 0.3 is 5.97 Å². The fourth-order valence-electron chi connectivity index (χ4n) is 2.17. The highest BCUT2D eigenvalue weighted by Gasteiger charge is 2.30. The summed E-state index contributed by atoms with van der Waals surface area (Å²) >= 11 is 0. The van der Waals surface area contributed by atoms with E-state index >= 15 is 0 Å². The summed E-state index contributed by atoms with van der Waals surface area (Å²) in [5.41, 5.74) is 0.594. The molecule has 0 spiro atoms. The average Bonchev–Trinajstić information content (AvgIpc) is 2.72. The molecule has 0 saturated carbocycles. The van der Waals surface area contributed by atoms with Gasteiger partial charge in [0.1, 0.15) is 6.04 Å². The monoisotopic (exact) mass is 277 g/mol. The number of rotatable bonds is 3. The van der Waals surface area contributed by atoms with Gasteiger partial charge in [0.05, 0.1) is 0 Å². The van der Waals surface area contributed by atoms with Gasteiger partial charge in [0, 0.05) is 6.54 Å². The molecule has 0 bridgehead atoms. The summed E-state index contributed by atoms with van der Waals surface area (Å²) in [5, 5.41) is 8.98. The molecule has 1 saturated heterocycles. The zero-order chi connectivity index (χ0) is 12.4. The predicted molar refractivity (Wildman–Crippen MR) is 64.7 cm³/mol. The second-order valence-corrected chi connectivity index (χ2v) is 4.22. The zero-order valence-corrected chi connectivity index (χ0v) is 10.4. The van der Waals surface area contributed by atoms with Crippen LogP contribution in [0.15, 0.2) is 18.2 Å². The first-order chi connectivity index (χ1) is 8.08. The molecule has 0 aromatic heterocycles. The first-order valence-electron chi connectivity index (χ1n) is 5.48. The lowest BCUT2D eigenvalue weighted by Gasteiger charge is -2.20. The van der Waals surface area contributed by atoms with Crippen molar-refractivity contribution in [2.24, 2.45) is 0 Å². The topological polar surface area (TPSA) is 40.5 Å². The molecular formula is C12H14ClF2NO2. The van der Waals surface area contributed by atoms with Crippen molar-refractivity contribution in [1.82, 2.24) is 4.90 Å². The van der Waals surface area contributed by atoms with Gasteiger partial charge in [-0.2, -0.15) is 0 Å². The third kappa shape index (κ3) is 3.17. The van der Waals surface area contributed by atoms with E-state index in [4.69, 9.17) is 5.11 Å². The maximum Gasteiger partial charge on any atom is 0.320 e. The Labute approximate surface area is 110 Å². The molecule has 1 heterocycles. The lowest BCUT2D eigenvalue weighted by molar-refractivity contribution is -0.142. The van der Waals surface area contributed by atoms with Gasteiger partial charge in [0.25, 0.3) is 0 Å². The van der Waals surface area contributed by atoms with Crippen molar-refractivity contribution >= 4 is 18.4 Å². The fraction of sp³-hybridized carbons (Fsp3) is 0.417. The van der Waals surface area contributed by atoms with E-state index in [9.17, 15) is 13.6 Å². The van der Waals surface area contributed by atoms with Gasteiger partial charge in [-0.15, -0.1) is 12.4 Å². The summed E-state index contributed by atoms with van der Waals surface area (Å²) in [4.78, 5) is 12.7. The van der Waals surface area contributed by atoms with Gasteiger partial charge in [-0.05, 0) is 37.1 Å². The van der Waals surface area contributed by atoms with Crippen LogP contribution in [0.2, 0.25) is 0 Å². The van der Waals surface area contributed by atoms with E-state index in [1.165, 1.54) is 6.07 Å². The summed E-state index contributed by atoms with van der Waals surface area (Å²) in [6.45, 7) is 1.02. The minimum absolute atomic E-state index is 0. The SMILES string of the molecule is Cl.O=C(O)[C@@H]1CCCN1Cc1ccc(F)c(F)c1. The normalized spacial score (nSPS) is 19.6. The van der Waals surface area contributed by atoms with Crippen LogP contribution in [0.1, 0.15) is 18.4 Å². The second kappa shape index (κ2) is 6.11. The van der Waals surface area contributed by atoms with Crippen LogP contribution < -0.4 is 0 Å². The molecular weight excluding hydrogens is 264 g/mol. The molecule has 1 atom stereocenters. The summed E-state index contributed by atoms with van der Waals surface area (Å²) in [6, 6.07) is 3.15. The molecule has 1 aliphatic heterocycles. The lowest BCUT2D eigenvalue weighted by atomic mass is 10.1. The number of hydrogen-bond acceptors (Lipinski definition) is 2. The molecule has 1 aliphatic rings. The standard InChI is InChI=1S/C12H13F2NO2.ClH/c13-9-4-3-8(6-10(9)14)7-15-5-1-2-11(15)12(16)17;/h3-4,6,11H,1-2,5,7H2,(H,16,17);1H/t11-;/m0./s1. The smallest absolute Gasteiger partial charge is 0.320 e. The third-order valence-electron chi connectivity index (χ3n) is 3.02. The van der Waals surface area contributed by atoms with Crippen molar-refractivity contribution in [2.45, 2.75) is 25.4 Å². The Morgan fingerprint density at radius 1 is 1.39 bits per heavy atom. The van der Waals surface area contributed by atoms with Crippen molar-refractivity contribution in [2.75, 3.05) is 6.54 Å². The minimum atomic E-state index is -0.895. The molecule has 1 fully saturated rings. The van der Waals surface area contributed by atoms with Crippen molar-refractivity contribution in [1.29, 1.82) is 0 Å². The number of hydrogen-bond donors (Lipinski definition) is 1. The Morgan fingerprint density at radius 2 is 2.11 bits per heavy atom. The van der Waals surface area contributed by atoms with E-state index in [-0.39, 0.29) is 12.4 Å². The van der Waals surface area contributed by atoms with Gasteiger partial charge in [-0.1, -0.05) is 6.07 Å². The Morgan fingerprint density at radius 3 is 2.72 bits per heavy atom. The molecule has 6 heteroatoms. The van der Waals surface area contributed by atoms with Gasteiger partial charge in [0.15, 0.2) is 11.6 Å². The fourth-order valence-corrected chi connectivity index (χ4v) is 2.17. The van der Waals surface area contributed by atoms with Crippen LogP contribution in [0.25, 0.3) is 0 Å². The molecule has 2 rings (SSSR count). The number of nitrogens with zero attached hydrogens (tertiary/aromatic N) is 1. The molecule has 18 heavy (non-hydrogen) atoms. The molecule has 0 unspecified atom stereocenters. The highest BCUT2D eigenvalue weighted by Crippen LogP contribution is 2.21. The summed E-state index contributed by atoms with van der Waals surface area (Å²) in [7, 11) is 0. The van der Waals surface area contributed by atoms with E-state index in [0.717, 1.165) is 18.6 Å². The van der Waals surface area contributed by atoms with Gasteiger partial charge in [-0.25, -0.2) is 8.78 Å². The second-order valence-electron chi connectivity index (χ2n) is 4.22. The highest BCUT2D eigenvalue weighted by atomic mass is 35.5. The van der Waals surface area contributed by atoms with Crippen LogP contribution in [0.5, 0.6) is 0 Å². The van der Waals surface area contributed by atoms with Crippen molar-refractivity contribution in [3.05, 3.63) is 35.4 Å². The van der Waals surface area contributed by atoms with Gasteiger partial charge < -0.3 is 5.11 Å². The number of aliphatic carboxylic acids is 1. The van der Waals surface area contributed by atoms with E-state index < -0.39 is 23.6 Å². The number of halogens is 3. The molecule has 1 N–H and O–H groups in total. The molecule has 1 aromatic carbocycles.